The first-order valence-electron chi connectivity index (χ1n) is 8.97. The minimum Gasteiger partial charge on any atom is -0.489 e. The summed E-state index contributed by atoms with van der Waals surface area (Å²) < 4.78 is 9.41. The zero-order chi connectivity index (χ0) is 21.8. The van der Waals surface area contributed by atoms with Gasteiger partial charge in [0.05, 0.1) is 20.9 Å². The number of nitrogens with two attached hydrogens (primary N) is 1. The number of nitrogen functional groups attached to an aromatic ring is 1. The summed E-state index contributed by atoms with van der Waals surface area (Å²) >= 11 is 4.44. The van der Waals surface area contributed by atoms with Gasteiger partial charge >= 0.3 is 0 Å². The van der Waals surface area contributed by atoms with Gasteiger partial charge in [-0.05, 0) is 89.4 Å². The van der Waals surface area contributed by atoms with Crippen LogP contribution in [0.15, 0.2) is 42.5 Å². The number of nitriles is 2. The molecular formula is C22H17I2N5O. The SMILES string of the molecule is CC(C)Oc1c(I)cc(I)cc1/C=C(\C#N)c1nn(-c2ccccc2)c(N)c1C#N. The van der Waals surface area contributed by atoms with Crippen LogP contribution in [0.25, 0.3) is 17.3 Å². The third-order valence-corrected chi connectivity index (χ3v) is 5.52. The van der Waals surface area contributed by atoms with Crippen molar-refractivity contribution < 1.29 is 4.74 Å². The number of hydrogen-bond donors (Lipinski definition) is 1. The largest absolute Gasteiger partial charge is 0.489 e. The van der Waals surface area contributed by atoms with Gasteiger partial charge in [-0.15, -0.1) is 0 Å². The van der Waals surface area contributed by atoms with Crippen LogP contribution in [0.3, 0.4) is 0 Å². The second kappa shape index (κ2) is 9.49. The molecule has 0 atom stereocenters. The number of benzene rings is 2. The number of aromatic nitrogens is 2. The second-order valence-corrected chi connectivity index (χ2v) is 9.02. The quantitative estimate of drug-likeness (QED) is 0.305. The average Bonchev–Trinajstić information content (AvgIpc) is 3.05. The second-order valence-electron chi connectivity index (χ2n) is 6.61. The van der Waals surface area contributed by atoms with E-state index in [1.54, 1.807) is 6.08 Å². The average molecular weight is 621 g/mol. The Hall–Kier alpha value is -2.57. The molecule has 0 bridgehead atoms. The highest BCUT2D eigenvalue weighted by Crippen LogP contribution is 2.33. The first-order chi connectivity index (χ1) is 14.3. The number of para-hydroxylation sites is 1. The summed E-state index contributed by atoms with van der Waals surface area (Å²) in [5, 5.41) is 24.1. The van der Waals surface area contributed by atoms with E-state index >= 15 is 0 Å². The van der Waals surface area contributed by atoms with Crippen molar-refractivity contribution >= 4 is 62.6 Å². The van der Waals surface area contributed by atoms with Crippen LogP contribution in [-0.2, 0) is 0 Å². The topological polar surface area (TPSA) is 101 Å². The summed E-state index contributed by atoms with van der Waals surface area (Å²) in [5.74, 6) is 0.878. The molecule has 3 aromatic rings. The minimum atomic E-state index is -0.0288. The lowest BCUT2D eigenvalue weighted by atomic mass is 10.1. The molecule has 0 spiro atoms. The monoisotopic (exact) mass is 621 g/mol. The van der Waals surface area contributed by atoms with Crippen LogP contribution in [-0.4, -0.2) is 15.9 Å². The molecule has 1 aromatic heterocycles. The third-order valence-electron chi connectivity index (χ3n) is 4.10. The van der Waals surface area contributed by atoms with Crippen molar-refractivity contribution in [2.24, 2.45) is 0 Å². The number of anilines is 1. The molecule has 0 aliphatic carbocycles. The van der Waals surface area contributed by atoms with Crippen LogP contribution in [0.5, 0.6) is 5.75 Å². The van der Waals surface area contributed by atoms with Crippen molar-refractivity contribution in [3.05, 3.63) is 66.4 Å². The van der Waals surface area contributed by atoms with Gasteiger partial charge in [-0.2, -0.15) is 15.6 Å². The van der Waals surface area contributed by atoms with Crippen molar-refractivity contribution in [3.63, 3.8) is 0 Å². The zero-order valence-corrected chi connectivity index (χ0v) is 20.5. The molecular weight excluding hydrogens is 604 g/mol. The number of allylic oxidation sites excluding steroid dienone is 1. The van der Waals surface area contributed by atoms with Gasteiger partial charge in [0.15, 0.2) is 0 Å². The van der Waals surface area contributed by atoms with Crippen molar-refractivity contribution in [2.75, 3.05) is 5.73 Å². The fourth-order valence-electron chi connectivity index (χ4n) is 2.85. The number of hydrogen-bond acceptors (Lipinski definition) is 5. The molecule has 6 nitrogen and oxygen atoms in total. The Morgan fingerprint density at radius 2 is 1.90 bits per heavy atom. The van der Waals surface area contributed by atoms with E-state index in [0.717, 1.165) is 12.7 Å². The lowest BCUT2D eigenvalue weighted by Crippen LogP contribution is -2.08. The molecule has 3 rings (SSSR count). The van der Waals surface area contributed by atoms with E-state index in [1.807, 2.05) is 56.3 Å². The summed E-state index contributed by atoms with van der Waals surface area (Å²) in [4.78, 5) is 0. The van der Waals surface area contributed by atoms with Gasteiger partial charge in [0.1, 0.15) is 35.0 Å². The van der Waals surface area contributed by atoms with Crippen LogP contribution in [0.1, 0.15) is 30.7 Å². The molecule has 8 heteroatoms. The van der Waals surface area contributed by atoms with E-state index in [1.165, 1.54) is 4.68 Å². The summed E-state index contributed by atoms with van der Waals surface area (Å²) in [7, 11) is 0. The number of halogens is 2. The van der Waals surface area contributed by atoms with Gasteiger partial charge < -0.3 is 10.5 Å². The lowest BCUT2D eigenvalue weighted by Gasteiger charge is -2.15. The van der Waals surface area contributed by atoms with Gasteiger partial charge in [-0.3, -0.25) is 0 Å². The van der Waals surface area contributed by atoms with Crippen LogP contribution < -0.4 is 10.5 Å². The van der Waals surface area contributed by atoms with Crippen LogP contribution in [0.2, 0.25) is 0 Å². The molecule has 1 heterocycles. The predicted octanol–water partition coefficient (Wildman–Crippen LogP) is 5.39. The van der Waals surface area contributed by atoms with Gasteiger partial charge in [-0.1, -0.05) is 18.2 Å². The Kier molecular flexibility index (Phi) is 7.00. The summed E-state index contributed by atoms with van der Waals surface area (Å²) in [5.41, 5.74) is 8.29. The normalized spacial score (nSPS) is 11.2. The molecule has 0 fully saturated rings. The number of nitrogens with zero attached hydrogens (tertiary/aromatic N) is 4. The fraction of sp³-hybridized carbons (Fsp3) is 0.136. The van der Waals surface area contributed by atoms with Gasteiger partial charge in [0.2, 0.25) is 0 Å². The molecule has 0 amide bonds. The lowest BCUT2D eigenvalue weighted by molar-refractivity contribution is 0.240. The maximum absolute atomic E-state index is 9.88. The van der Waals surface area contributed by atoms with Crippen molar-refractivity contribution in [2.45, 2.75) is 20.0 Å². The molecule has 0 aliphatic heterocycles. The summed E-state index contributed by atoms with van der Waals surface area (Å²) in [6, 6.07) is 17.5. The van der Waals surface area contributed by atoms with E-state index in [0.29, 0.717) is 11.4 Å². The van der Waals surface area contributed by atoms with E-state index in [4.69, 9.17) is 10.5 Å². The van der Waals surface area contributed by atoms with E-state index in [2.05, 4.69) is 62.4 Å². The Morgan fingerprint density at radius 3 is 2.50 bits per heavy atom. The molecule has 0 saturated carbocycles. The molecule has 150 valence electrons. The van der Waals surface area contributed by atoms with E-state index in [-0.39, 0.29) is 28.8 Å². The van der Waals surface area contributed by atoms with Crippen LogP contribution in [0, 0.1) is 29.8 Å². The first kappa shape index (κ1) is 22.1. The number of rotatable bonds is 5. The van der Waals surface area contributed by atoms with Gasteiger partial charge in [-0.25, -0.2) is 4.68 Å². The first-order valence-corrected chi connectivity index (χ1v) is 11.1. The molecule has 0 unspecified atom stereocenters. The van der Waals surface area contributed by atoms with E-state index in [9.17, 15) is 10.5 Å². The molecule has 0 aliphatic rings. The maximum atomic E-state index is 9.88. The Balaban J connectivity index is 2.20. The van der Waals surface area contributed by atoms with Crippen molar-refractivity contribution in [1.82, 2.24) is 9.78 Å². The molecule has 0 saturated heterocycles. The van der Waals surface area contributed by atoms with Gasteiger partial charge in [0, 0.05) is 9.13 Å². The highest BCUT2D eigenvalue weighted by molar-refractivity contribution is 14.1. The Bertz CT molecular complexity index is 1200. The third kappa shape index (κ3) is 4.60. The fourth-order valence-corrected chi connectivity index (χ4v) is 4.87. The summed E-state index contributed by atoms with van der Waals surface area (Å²) in [6.07, 6.45) is 1.67. The highest BCUT2D eigenvalue weighted by atomic mass is 127. The van der Waals surface area contributed by atoms with Gasteiger partial charge in [0.25, 0.3) is 0 Å². The molecule has 2 N–H and O–H groups in total. The molecule has 30 heavy (non-hydrogen) atoms. The highest BCUT2D eigenvalue weighted by Gasteiger charge is 2.21. The maximum Gasteiger partial charge on any atom is 0.145 e. The smallest absolute Gasteiger partial charge is 0.145 e. The Morgan fingerprint density at radius 1 is 1.20 bits per heavy atom. The zero-order valence-electron chi connectivity index (χ0n) is 16.2. The predicted molar refractivity (Wildman–Crippen MR) is 134 cm³/mol. The van der Waals surface area contributed by atoms with Crippen LogP contribution >= 0.6 is 45.2 Å². The minimum absolute atomic E-state index is 0.0288. The molecule has 2 aromatic carbocycles. The number of ether oxygens (including phenoxy) is 1. The van der Waals surface area contributed by atoms with Crippen molar-refractivity contribution in [1.29, 1.82) is 10.5 Å². The molecule has 0 radical (unpaired) electrons. The van der Waals surface area contributed by atoms with Crippen molar-refractivity contribution in [3.8, 4) is 23.6 Å². The van der Waals surface area contributed by atoms with E-state index < -0.39 is 0 Å². The summed E-state index contributed by atoms with van der Waals surface area (Å²) in [6.45, 7) is 3.89. The van der Waals surface area contributed by atoms with Crippen LogP contribution in [0.4, 0.5) is 5.82 Å². The Labute approximate surface area is 202 Å². The standard InChI is InChI=1S/C22H17I2N5O/c1-13(2)30-21-14(9-16(23)10-19(21)24)8-15(11-25)20-18(12-26)22(27)29(28-20)17-6-4-3-5-7-17/h3-10,13H,27H2,1-2H3/b15-8+.